The van der Waals surface area contributed by atoms with Gasteiger partial charge in [-0.1, -0.05) is 0 Å². The van der Waals surface area contributed by atoms with Gasteiger partial charge < -0.3 is 16.0 Å². The summed E-state index contributed by atoms with van der Waals surface area (Å²) in [7, 11) is 0. The Hall–Kier alpha value is -2.04. The zero-order valence-electron chi connectivity index (χ0n) is 11.2. The van der Waals surface area contributed by atoms with Gasteiger partial charge in [0.1, 0.15) is 0 Å². The van der Waals surface area contributed by atoms with E-state index in [9.17, 15) is 9.59 Å². The van der Waals surface area contributed by atoms with Crippen LogP contribution in [-0.2, 0) is 11.2 Å². The van der Waals surface area contributed by atoms with Crippen molar-refractivity contribution < 1.29 is 9.59 Å². The van der Waals surface area contributed by atoms with Crippen LogP contribution >= 0.6 is 0 Å². The highest BCUT2D eigenvalue weighted by atomic mass is 16.2. The molecule has 2 amide bonds. The standard InChI is InChI=1S/C14H19N3O2/c1-9(2)17-13(18)8-16-14(19)11-3-4-12-10(7-11)5-6-15-12/h3-4,7,9,15H,5-6,8H2,1-2H3,(H,16,19)(H,17,18). The Labute approximate surface area is 112 Å². The second-order valence-electron chi connectivity index (χ2n) is 4.95. The van der Waals surface area contributed by atoms with E-state index < -0.39 is 0 Å². The summed E-state index contributed by atoms with van der Waals surface area (Å²) in [4.78, 5) is 23.4. The van der Waals surface area contributed by atoms with E-state index >= 15 is 0 Å². The lowest BCUT2D eigenvalue weighted by Gasteiger charge is -2.09. The smallest absolute Gasteiger partial charge is 0.251 e. The third-order valence-corrected chi connectivity index (χ3v) is 2.94. The molecule has 0 atom stereocenters. The summed E-state index contributed by atoms with van der Waals surface area (Å²) in [5, 5.41) is 8.59. The van der Waals surface area contributed by atoms with Crippen LogP contribution in [0.25, 0.3) is 0 Å². The Morgan fingerprint density at radius 3 is 2.89 bits per heavy atom. The molecule has 1 aromatic rings. The molecular formula is C14H19N3O2. The normalized spacial score (nSPS) is 12.8. The fraction of sp³-hybridized carbons (Fsp3) is 0.429. The van der Waals surface area contributed by atoms with Crippen LogP contribution in [0.15, 0.2) is 18.2 Å². The molecule has 0 aliphatic carbocycles. The minimum absolute atomic E-state index is 0.00630. The van der Waals surface area contributed by atoms with Gasteiger partial charge in [-0.2, -0.15) is 0 Å². The second-order valence-corrected chi connectivity index (χ2v) is 4.95. The first-order chi connectivity index (χ1) is 9.06. The molecule has 0 aromatic heterocycles. The number of amides is 2. The van der Waals surface area contributed by atoms with Gasteiger partial charge in [-0.3, -0.25) is 9.59 Å². The molecule has 0 spiro atoms. The minimum Gasteiger partial charge on any atom is -0.384 e. The Kier molecular flexibility index (Phi) is 4.04. The number of carbonyl (C=O) groups excluding carboxylic acids is 2. The van der Waals surface area contributed by atoms with E-state index in [1.54, 1.807) is 6.07 Å². The summed E-state index contributed by atoms with van der Waals surface area (Å²) < 4.78 is 0. The fourth-order valence-corrected chi connectivity index (χ4v) is 2.08. The summed E-state index contributed by atoms with van der Waals surface area (Å²) in [6.45, 7) is 4.68. The summed E-state index contributed by atoms with van der Waals surface area (Å²) in [6.07, 6.45) is 0.935. The predicted molar refractivity (Wildman–Crippen MR) is 74.2 cm³/mol. The van der Waals surface area contributed by atoms with E-state index in [2.05, 4.69) is 16.0 Å². The highest BCUT2D eigenvalue weighted by Crippen LogP contribution is 2.22. The van der Waals surface area contributed by atoms with Crippen LogP contribution in [0.1, 0.15) is 29.8 Å². The molecule has 102 valence electrons. The number of nitrogens with one attached hydrogen (secondary N) is 3. The number of hydrogen-bond donors (Lipinski definition) is 3. The van der Waals surface area contributed by atoms with Crippen molar-refractivity contribution in [3.8, 4) is 0 Å². The van der Waals surface area contributed by atoms with Gasteiger partial charge in [0.2, 0.25) is 5.91 Å². The molecule has 1 aromatic carbocycles. The number of carbonyl (C=O) groups is 2. The van der Waals surface area contributed by atoms with Crippen LogP contribution in [0.2, 0.25) is 0 Å². The molecule has 19 heavy (non-hydrogen) atoms. The maximum absolute atomic E-state index is 11.9. The van der Waals surface area contributed by atoms with E-state index in [1.165, 1.54) is 0 Å². The summed E-state index contributed by atoms with van der Waals surface area (Å²) >= 11 is 0. The van der Waals surface area contributed by atoms with Crippen LogP contribution in [-0.4, -0.2) is 30.9 Å². The molecular weight excluding hydrogens is 242 g/mol. The van der Waals surface area contributed by atoms with E-state index in [4.69, 9.17) is 0 Å². The molecule has 0 saturated heterocycles. The van der Waals surface area contributed by atoms with Crippen molar-refractivity contribution in [2.75, 3.05) is 18.4 Å². The highest BCUT2D eigenvalue weighted by molar-refractivity contribution is 5.97. The largest absolute Gasteiger partial charge is 0.384 e. The average Bonchev–Trinajstić information content (AvgIpc) is 2.82. The minimum atomic E-state index is -0.214. The summed E-state index contributed by atoms with van der Waals surface area (Å²) in [5.41, 5.74) is 2.84. The lowest BCUT2D eigenvalue weighted by atomic mass is 10.1. The van der Waals surface area contributed by atoms with E-state index in [-0.39, 0.29) is 24.4 Å². The molecule has 3 N–H and O–H groups in total. The molecule has 1 aliphatic heterocycles. The fourth-order valence-electron chi connectivity index (χ4n) is 2.08. The Bertz CT molecular complexity index is 497. The second kappa shape index (κ2) is 5.73. The summed E-state index contributed by atoms with van der Waals surface area (Å²) in [6, 6.07) is 5.64. The lowest BCUT2D eigenvalue weighted by molar-refractivity contribution is -0.120. The first-order valence-corrected chi connectivity index (χ1v) is 6.50. The molecule has 0 unspecified atom stereocenters. The number of benzene rings is 1. The van der Waals surface area contributed by atoms with Crippen LogP contribution in [0.3, 0.4) is 0 Å². The molecule has 1 heterocycles. The summed E-state index contributed by atoms with van der Waals surface area (Å²) in [5.74, 6) is -0.389. The van der Waals surface area contributed by atoms with Gasteiger partial charge in [0.05, 0.1) is 6.54 Å². The van der Waals surface area contributed by atoms with Crippen molar-refractivity contribution in [3.05, 3.63) is 29.3 Å². The highest BCUT2D eigenvalue weighted by Gasteiger charge is 2.14. The maximum Gasteiger partial charge on any atom is 0.251 e. The zero-order chi connectivity index (χ0) is 13.8. The van der Waals surface area contributed by atoms with Crippen molar-refractivity contribution in [2.24, 2.45) is 0 Å². The predicted octanol–water partition coefficient (Wildman–Crippen LogP) is 0.909. The van der Waals surface area contributed by atoms with Crippen molar-refractivity contribution >= 4 is 17.5 Å². The van der Waals surface area contributed by atoms with Gasteiger partial charge in [0.15, 0.2) is 0 Å². The number of anilines is 1. The SMILES string of the molecule is CC(C)NC(=O)CNC(=O)c1ccc2c(c1)CCN2. The van der Waals surface area contributed by atoms with Gasteiger partial charge in [0, 0.05) is 23.8 Å². The van der Waals surface area contributed by atoms with Crippen LogP contribution < -0.4 is 16.0 Å². The molecule has 0 fully saturated rings. The van der Waals surface area contributed by atoms with Gasteiger partial charge in [-0.05, 0) is 44.0 Å². The maximum atomic E-state index is 11.9. The number of fused-ring (bicyclic) bond motifs is 1. The lowest BCUT2D eigenvalue weighted by Crippen LogP contribution is -2.39. The van der Waals surface area contributed by atoms with Crippen LogP contribution in [0, 0.1) is 0 Å². The first-order valence-electron chi connectivity index (χ1n) is 6.50. The van der Waals surface area contributed by atoms with Crippen molar-refractivity contribution in [1.29, 1.82) is 0 Å². The monoisotopic (exact) mass is 261 g/mol. The van der Waals surface area contributed by atoms with Crippen LogP contribution in [0.4, 0.5) is 5.69 Å². The quantitative estimate of drug-likeness (QED) is 0.754. The molecule has 5 nitrogen and oxygen atoms in total. The Balaban J connectivity index is 1.91. The van der Waals surface area contributed by atoms with Crippen LogP contribution in [0.5, 0.6) is 0 Å². The Morgan fingerprint density at radius 2 is 2.16 bits per heavy atom. The Morgan fingerprint density at radius 1 is 1.37 bits per heavy atom. The van der Waals surface area contributed by atoms with Crippen molar-refractivity contribution in [1.82, 2.24) is 10.6 Å². The van der Waals surface area contributed by atoms with Gasteiger partial charge >= 0.3 is 0 Å². The topological polar surface area (TPSA) is 70.2 Å². The molecule has 0 bridgehead atoms. The van der Waals surface area contributed by atoms with E-state index in [1.807, 2.05) is 26.0 Å². The average molecular weight is 261 g/mol. The third-order valence-electron chi connectivity index (χ3n) is 2.94. The van der Waals surface area contributed by atoms with E-state index in [0.717, 1.165) is 24.2 Å². The molecule has 1 aliphatic rings. The number of hydrogen-bond acceptors (Lipinski definition) is 3. The van der Waals surface area contributed by atoms with E-state index in [0.29, 0.717) is 5.56 Å². The van der Waals surface area contributed by atoms with Gasteiger partial charge in [-0.25, -0.2) is 0 Å². The molecule has 0 radical (unpaired) electrons. The third kappa shape index (κ3) is 3.47. The van der Waals surface area contributed by atoms with Gasteiger partial charge in [0.25, 0.3) is 5.91 Å². The molecule has 0 saturated carbocycles. The molecule has 2 rings (SSSR count). The molecule has 5 heteroatoms. The number of rotatable bonds is 4. The zero-order valence-corrected chi connectivity index (χ0v) is 11.2. The van der Waals surface area contributed by atoms with Crippen molar-refractivity contribution in [2.45, 2.75) is 26.3 Å². The van der Waals surface area contributed by atoms with Crippen molar-refractivity contribution in [3.63, 3.8) is 0 Å². The van der Waals surface area contributed by atoms with Gasteiger partial charge in [-0.15, -0.1) is 0 Å². The first kappa shape index (κ1) is 13.4.